The van der Waals surface area contributed by atoms with E-state index in [2.05, 4.69) is 20.7 Å². The Morgan fingerprint density at radius 1 is 1.18 bits per heavy atom. The number of nitro groups is 1. The lowest BCUT2D eigenvalue weighted by Gasteiger charge is -2.28. The van der Waals surface area contributed by atoms with Crippen LogP contribution in [0.25, 0.3) is 0 Å². The summed E-state index contributed by atoms with van der Waals surface area (Å²) in [5.41, 5.74) is 2.43. The number of rotatable bonds is 4. The summed E-state index contributed by atoms with van der Waals surface area (Å²) in [5, 5.41) is 21.2. The topological polar surface area (TPSA) is 115 Å². The fourth-order valence-electron chi connectivity index (χ4n) is 3.19. The quantitative estimate of drug-likeness (QED) is 0.534. The van der Waals surface area contributed by atoms with Crippen LogP contribution in [-0.4, -0.2) is 25.6 Å². The van der Waals surface area contributed by atoms with E-state index >= 15 is 0 Å². The van der Waals surface area contributed by atoms with Gasteiger partial charge in [-0.05, 0) is 36.8 Å². The van der Waals surface area contributed by atoms with Gasteiger partial charge in [-0.2, -0.15) is 10.1 Å². The summed E-state index contributed by atoms with van der Waals surface area (Å²) in [6.45, 7) is 1.79. The van der Waals surface area contributed by atoms with E-state index in [1.807, 2.05) is 18.2 Å². The van der Waals surface area contributed by atoms with Crippen molar-refractivity contribution in [2.24, 2.45) is 0 Å². The van der Waals surface area contributed by atoms with Gasteiger partial charge in [0.2, 0.25) is 5.95 Å². The molecule has 0 spiro atoms. The third-order valence-electron chi connectivity index (χ3n) is 4.49. The number of amides is 1. The van der Waals surface area contributed by atoms with Crippen LogP contribution in [0.2, 0.25) is 0 Å². The molecule has 2 heterocycles. The first kappa shape index (κ1) is 17.4. The zero-order valence-corrected chi connectivity index (χ0v) is 14.9. The fourth-order valence-corrected chi connectivity index (χ4v) is 3.19. The summed E-state index contributed by atoms with van der Waals surface area (Å²) in [4.78, 5) is 27.8. The number of allylic oxidation sites excluding steroid dienone is 1. The molecule has 0 saturated carbocycles. The Labute approximate surface area is 159 Å². The first-order valence-corrected chi connectivity index (χ1v) is 8.52. The summed E-state index contributed by atoms with van der Waals surface area (Å²) in [5.74, 6) is 0.206. The van der Waals surface area contributed by atoms with Crippen LogP contribution in [-0.2, 0) is 4.79 Å². The van der Waals surface area contributed by atoms with E-state index in [1.54, 1.807) is 35.9 Å². The van der Waals surface area contributed by atoms with Crippen LogP contribution in [0, 0.1) is 10.1 Å². The number of aromatic nitrogens is 3. The maximum atomic E-state index is 13.1. The molecule has 0 bridgehead atoms. The van der Waals surface area contributed by atoms with E-state index in [0.717, 1.165) is 0 Å². The number of nitrogens with zero attached hydrogens (tertiary/aromatic N) is 4. The van der Waals surface area contributed by atoms with Gasteiger partial charge >= 0.3 is 0 Å². The normalized spacial score (nSPS) is 15.5. The number of benzene rings is 2. The molecule has 1 atom stereocenters. The first-order valence-electron chi connectivity index (χ1n) is 8.52. The van der Waals surface area contributed by atoms with Crippen LogP contribution in [0.5, 0.6) is 0 Å². The molecule has 1 unspecified atom stereocenters. The minimum atomic E-state index is -0.566. The molecule has 28 heavy (non-hydrogen) atoms. The minimum Gasteiger partial charge on any atom is -0.328 e. The Bertz CT molecular complexity index is 1070. The largest absolute Gasteiger partial charge is 0.328 e. The van der Waals surface area contributed by atoms with Crippen LogP contribution >= 0.6 is 0 Å². The van der Waals surface area contributed by atoms with Gasteiger partial charge in [-0.1, -0.05) is 18.2 Å². The molecule has 4 rings (SSSR count). The predicted octanol–water partition coefficient (Wildman–Crippen LogP) is 3.11. The molecule has 9 heteroatoms. The molecule has 9 nitrogen and oxygen atoms in total. The maximum absolute atomic E-state index is 13.1. The van der Waals surface area contributed by atoms with Crippen molar-refractivity contribution in [2.45, 2.75) is 13.0 Å². The summed E-state index contributed by atoms with van der Waals surface area (Å²) in [6, 6.07) is 14.6. The lowest BCUT2D eigenvalue weighted by molar-refractivity contribution is -0.384. The van der Waals surface area contributed by atoms with Gasteiger partial charge in [0.15, 0.2) is 0 Å². The highest BCUT2D eigenvalue weighted by Gasteiger charge is 2.33. The van der Waals surface area contributed by atoms with Crippen LogP contribution in [0.15, 0.2) is 72.2 Å². The molecule has 1 amide bonds. The zero-order chi connectivity index (χ0) is 19.7. The molecule has 1 aliphatic heterocycles. The summed E-state index contributed by atoms with van der Waals surface area (Å²) in [6.07, 6.45) is 1.39. The number of carbonyl (C=O) groups is 1. The Hall–Kier alpha value is -4.01. The summed E-state index contributed by atoms with van der Waals surface area (Å²) < 4.78 is 1.59. The Morgan fingerprint density at radius 3 is 2.57 bits per heavy atom. The van der Waals surface area contributed by atoms with Crippen molar-refractivity contribution in [3.05, 3.63) is 87.9 Å². The lowest BCUT2D eigenvalue weighted by atomic mass is 9.95. The molecule has 1 aliphatic rings. The second-order valence-electron chi connectivity index (χ2n) is 6.26. The van der Waals surface area contributed by atoms with Gasteiger partial charge in [0.1, 0.15) is 12.4 Å². The molecule has 0 saturated heterocycles. The van der Waals surface area contributed by atoms with Gasteiger partial charge in [-0.25, -0.2) is 4.68 Å². The highest BCUT2D eigenvalue weighted by Crippen LogP contribution is 2.35. The summed E-state index contributed by atoms with van der Waals surface area (Å²) in [7, 11) is 0. The molecular formula is C19H16N6O3. The number of para-hydroxylation sites is 1. The van der Waals surface area contributed by atoms with Crippen LogP contribution in [0.4, 0.5) is 17.3 Å². The van der Waals surface area contributed by atoms with E-state index in [4.69, 9.17) is 0 Å². The number of anilines is 2. The van der Waals surface area contributed by atoms with Crippen molar-refractivity contribution in [1.82, 2.24) is 14.8 Å². The average molecular weight is 376 g/mol. The molecule has 2 N–H and O–H groups in total. The highest BCUT2D eigenvalue weighted by molar-refractivity contribution is 6.06. The highest BCUT2D eigenvalue weighted by atomic mass is 16.6. The first-order chi connectivity index (χ1) is 13.5. The van der Waals surface area contributed by atoms with E-state index in [0.29, 0.717) is 28.5 Å². The second-order valence-corrected chi connectivity index (χ2v) is 6.26. The lowest BCUT2D eigenvalue weighted by Crippen LogP contribution is -2.31. The Balaban J connectivity index is 1.76. The second kappa shape index (κ2) is 6.95. The van der Waals surface area contributed by atoms with Gasteiger partial charge in [0.25, 0.3) is 11.6 Å². The Morgan fingerprint density at radius 2 is 1.89 bits per heavy atom. The molecule has 0 fully saturated rings. The van der Waals surface area contributed by atoms with Crippen LogP contribution in [0.1, 0.15) is 18.5 Å². The molecule has 3 aromatic rings. The molecule has 1 aromatic heterocycles. The van der Waals surface area contributed by atoms with E-state index in [-0.39, 0.29) is 11.6 Å². The van der Waals surface area contributed by atoms with E-state index in [9.17, 15) is 14.9 Å². The van der Waals surface area contributed by atoms with Crippen molar-refractivity contribution in [1.29, 1.82) is 0 Å². The fraction of sp³-hybridized carbons (Fsp3) is 0.105. The van der Waals surface area contributed by atoms with Gasteiger partial charge in [-0.3, -0.25) is 14.9 Å². The van der Waals surface area contributed by atoms with Crippen molar-refractivity contribution in [3.63, 3.8) is 0 Å². The average Bonchev–Trinajstić information content (AvgIpc) is 3.15. The van der Waals surface area contributed by atoms with Crippen LogP contribution in [0.3, 0.4) is 0 Å². The number of hydrogen-bond donors (Lipinski definition) is 2. The van der Waals surface area contributed by atoms with Crippen molar-refractivity contribution in [2.75, 3.05) is 10.6 Å². The maximum Gasteiger partial charge on any atom is 0.269 e. The molecule has 0 radical (unpaired) electrons. The molecular weight excluding hydrogens is 360 g/mol. The van der Waals surface area contributed by atoms with Crippen LogP contribution < -0.4 is 10.6 Å². The molecule has 140 valence electrons. The smallest absolute Gasteiger partial charge is 0.269 e. The monoisotopic (exact) mass is 376 g/mol. The van der Waals surface area contributed by atoms with Gasteiger partial charge in [0, 0.05) is 23.5 Å². The number of carbonyl (C=O) groups excluding carboxylic acids is 1. The van der Waals surface area contributed by atoms with Gasteiger partial charge in [0.05, 0.1) is 10.5 Å². The van der Waals surface area contributed by atoms with E-state index < -0.39 is 11.0 Å². The number of fused-ring (bicyclic) bond motifs is 1. The number of non-ortho nitro benzene ring substituents is 1. The van der Waals surface area contributed by atoms with Crippen molar-refractivity contribution >= 4 is 23.2 Å². The third-order valence-corrected chi connectivity index (χ3v) is 4.49. The molecule has 2 aromatic carbocycles. The SMILES string of the molecule is CC1=C(C(=O)Nc2ccccc2)C(c2ccc([N+](=O)[O-])cc2)n2ncnc2N1. The standard InChI is InChI=1S/C19H16N6O3/c1-12-16(18(26)23-14-5-3-2-4-6-14)17(24-19(22-12)20-11-21-24)13-7-9-15(10-8-13)25(27)28/h2-11,17H,1H3,(H,23,26)(H,20,21,22). The molecule has 0 aliphatic carbocycles. The number of nitrogens with one attached hydrogen (secondary N) is 2. The van der Waals surface area contributed by atoms with Crippen molar-refractivity contribution in [3.8, 4) is 0 Å². The third kappa shape index (κ3) is 3.09. The number of hydrogen-bond acceptors (Lipinski definition) is 6. The Kier molecular flexibility index (Phi) is 4.32. The van der Waals surface area contributed by atoms with Crippen molar-refractivity contribution < 1.29 is 9.72 Å². The zero-order valence-electron chi connectivity index (χ0n) is 14.9. The van der Waals surface area contributed by atoms with E-state index in [1.165, 1.54) is 18.5 Å². The van der Waals surface area contributed by atoms with Gasteiger partial charge in [-0.15, -0.1) is 0 Å². The predicted molar refractivity (Wildman–Crippen MR) is 103 cm³/mol. The number of nitro benzene ring substituents is 1. The minimum absolute atomic E-state index is 0.0208. The van der Waals surface area contributed by atoms with Gasteiger partial charge < -0.3 is 10.6 Å². The summed E-state index contributed by atoms with van der Waals surface area (Å²) >= 11 is 0.